The summed E-state index contributed by atoms with van der Waals surface area (Å²) in [5.41, 5.74) is 2.59. The molecule has 0 atom stereocenters. The number of hydrogen-bond donors (Lipinski definition) is 0. The molecule has 0 radical (unpaired) electrons. The summed E-state index contributed by atoms with van der Waals surface area (Å²) in [6.45, 7) is 11.1. The number of halogens is 2. The fraction of sp³-hybridized carbons (Fsp3) is 0.467. The molecular formula is C30H34Br2N4O4. The van der Waals surface area contributed by atoms with Gasteiger partial charge in [0.2, 0.25) is 0 Å². The fourth-order valence-corrected chi connectivity index (χ4v) is 5.15. The van der Waals surface area contributed by atoms with E-state index in [4.69, 9.17) is 9.47 Å². The van der Waals surface area contributed by atoms with Crippen LogP contribution in [0.15, 0.2) is 45.3 Å². The molecule has 0 saturated heterocycles. The maximum atomic E-state index is 12.3. The topological polar surface area (TPSA) is 88.2 Å². The van der Waals surface area contributed by atoms with E-state index in [1.165, 1.54) is 9.36 Å². The van der Waals surface area contributed by atoms with E-state index in [0.717, 1.165) is 67.8 Å². The number of carbonyl (C=O) groups is 2. The van der Waals surface area contributed by atoms with Gasteiger partial charge in [0.1, 0.15) is 11.2 Å². The first-order valence-electron chi connectivity index (χ1n) is 13.5. The van der Waals surface area contributed by atoms with Crippen LogP contribution in [0, 0.1) is 0 Å². The van der Waals surface area contributed by atoms with Crippen molar-refractivity contribution in [3.63, 3.8) is 0 Å². The van der Waals surface area contributed by atoms with Crippen LogP contribution in [0.3, 0.4) is 0 Å². The molecule has 2 aromatic carbocycles. The Balaban J connectivity index is 0.000000161. The molecule has 4 aromatic rings. The van der Waals surface area contributed by atoms with Crippen molar-refractivity contribution in [2.45, 2.75) is 90.3 Å². The Hall–Kier alpha value is -2.72. The number of fused-ring (bicyclic) bond motifs is 2. The van der Waals surface area contributed by atoms with Crippen molar-refractivity contribution in [2.24, 2.45) is 0 Å². The number of hydrogen-bond acceptors (Lipinski definition) is 6. The number of benzene rings is 2. The molecule has 2 heterocycles. The molecule has 0 N–H and O–H groups in total. The van der Waals surface area contributed by atoms with Gasteiger partial charge in [-0.1, -0.05) is 31.9 Å². The third kappa shape index (κ3) is 6.60. The average molecular weight is 674 g/mol. The highest BCUT2D eigenvalue weighted by atomic mass is 79.9. The van der Waals surface area contributed by atoms with E-state index in [1.54, 1.807) is 0 Å². The Kier molecular flexibility index (Phi) is 7.63. The molecule has 6 rings (SSSR count). The lowest BCUT2D eigenvalue weighted by molar-refractivity contribution is 0.0511. The fourth-order valence-electron chi connectivity index (χ4n) is 4.43. The SMILES string of the molecule is CC(C)(C)OC(=O)n1nc(C2CC2)c2cc(Br)ccc21.CC(C)(C)OC(=O)n1nc(C2CC2)c2cc(Br)ccc21. The summed E-state index contributed by atoms with van der Waals surface area (Å²) in [4.78, 5) is 24.6. The molecule has 2 aliphatic carbocycles. The molecule has 0 amide bonds. The van der Waals surface area contributed by atoms with Crippen molar-refractivity contribution in [1.29, 1.82) is 0 Å². The zero-order valence-corrected chi connectivity index (χ0v) is 26.8. The van der Waals surface area contributed by atoms with E-state index in [-0.39, 0.29) is 0 Å². The molecular weight excluding hydrogens is 640 g/mol. The van der Waals surface area contributed by atoms with Crippen molar-refractivity contribution >= 4 is 65.9 Å². The second-order valence-corrected chi connectivity index (χ2v) is 14.3. The number of ether oxygens (including phenoxy) is 2. The lowest BCUT2D eigenvalue weighted by atomic mass is 10.1. The van der Waals surface area contributed by atoms with Crippen LogP contribution in [0.1, 0.15) is 90.4 Å². The third-order valence-electron chi connectivity index (χ3n) is 6.40. The van der Waals surface area contributed by atoms with Gasteiger partial charge in [0.05, 0.1) is 22.4 Å². The third-order valence-corrected chi connectivity index (χ3v) is 7.39. The lowest BCUT2D eigenvalue weighted by Crippen LogP contribution is -2.27. The first-order chi connectivity index (χ1) is 18.7. The van der Waals surface area contributed by atoms with Crippen molar-refractivity contribution in [3.8, 4) is 0 Å². The van der Waals surface area contributed by atoms with Crippen LogP contribution >= 0.6 is 31.9 Å². The van der Waals surface area contributed by atoms with Crippen molar-refractivity contribution in [1.82, 2.24) is 19.6 Å². The normalized spacial score (nSPS) is 15.6. The van der Waals surface area contributed by atoms with Crippen molar-refractivity contribution in [2.75, 3.05) is 0 Å². The number of nitrogens with zero attached hydrogens (tertiary/aromatic N) is 4. The molecule has 0 unspecified atom stereocenters. The first kappa shape index (κ1) is 28.8. The molecule has 0 bridgehead atoms. The second-order valence-electron chi connectivity index (χ2n) is 12.4. The highest BCUT2D eigenvalue weighted by molar-refractivity contribution is 9.10. The summed E-state index contributed by atoms with van der Waals surface area (Å²) >= 11 is 6.96. The van der Waals surface area contributed by atoms with Crippen LogP contribution in [-0.4, -0.2) is 42.9 Å². The Morgan fingerprint density at radius 1 is 0.700 bits per heavy atom. The maximum absolute atomic E-state index is 12.3. The smallest absolute Gasteiger partial charge is 0.435 e. The summed E-state index contributed by atoms with van der Waals surface area (Å²) in [7, 11) is 0. The Labute approximate surface area is 250 Å². The predicted molar refractivity (Wildman–Crippen MR) is 162 cm³/mol. The predicted octanol–water partition coefficient (Wildman–Crippen LogP) is 8.92. The Bertz CT molecular complexity index is 1480. The van der Waals surface area contributed by atoms with Gasteiger partial charge in [-0.3, -0.25) is 0 Å². The minimum Gasteiger partial charge on any atom is -0.442 e. The second kappa shape index (κ2) is 10.6. The lowest BCUT2D eigenvalue weighted by Gasteiger charge is -2.19. The standard InChI is InChI=1S/2C15H17BrN2O2/c2*1-15(2,3)20-14(19)18-12-7-6-10(16)8-11(12)13(17-18)9-4-5-9/h2*6-9H,4-5H2,1-3H3. The summed E-state index contributed by atoms with van der Waals surface area (Å²) in [5, 5.41) is 11.1. The van der Waals surface area contributed by atoms with Crippen LogP contribution in [0.25, 0.3) is 21.8 Å². The largest absolute Gasteiger partial charge is 0.442 e. The quantitative estimate of drug-likeness (QED) is 0.211. The summed E-state index contributed by atoms with van der Waals surface area (Å²) in [6, 6.07) is 11.7. The van der Waals surface area contributed by atoms with Gasteiger partial charge in [-0.05, 0) is 104 Å². The van der Waals surface area contributed by atoms with Crippen molar-refractivity contribution < 1.29 is 19.1 Å². The van der Waals surface area contributed by atoms with Gasteiger partial charge in [0.15, 0.2) is 0 Å². The van der Waals surface area contributed by atoms with Gasteiger partial charge in [-0.2, -0.15) is 19.6 Å². The summed E-state index contributed by atoms with van der Waals surface area (Å²) in [6.07, 6.45) is 3.74. The van der Waals surface area contributed by atoms with Gasteiger partial charge in [-0.25, -0.2) is 9.59 Å². The van der Waals surface area contributed by atoms with E-state index < -0.39 is 23.4 Å². The molecule has 40 heavy (non-hydrogen) atoms. The maximum Gasteiger partial charge on any atom is 0.435 e. The Morgan fingerprint density at radius 3 is 1.35 bits per heavy atom. The molecule has 8 nitrogen and oxygen atoms in total. The zero-order valence-electron chi connectivity index (χ0n) is 23.6. The highest BCUT2D eigenvalue weighted by Gasteiger charge is 2.32. The van der Waals surface area contributed by atoms with Gasteiger partial charge in [0.25, 0.3) is 0 Å². The van der Waals surface area contributed by atoms with E-state index in [1.807, 2.05) is 77.9 Å². The zero-order chi connectivity index (χ0) is 29.0. The van der Waals surface area contributed by atoms with E-state index in [2.05, 4.69) is 42.1 Å². The van der Waals surface area contributed by atoms with Crippen LogP contribution in [0.4, 0.5) is 9.59 Å². The number of aromatic nitrogens is 4. The minimum absolute atomic E-state index is 0.420. The Morgan fingerprint density at radius 2 is 1.05 bits per heavy atom. The van der Waals surface area contributed by atoms with Crippen LogP contribution in [0.5, 0.6) is 0 Å². The van der Waals surface area contributed by atoms with Gasteiger partial charge in [-0.15, -0.1) is 0 Å². The number of carbonyl (C=O) groups excluding carboxylic acids is 2. The van der Waals surface area contributed by atoms with Crippen molar-refractivity contribution in [3.05, 3.63) is 56.7 Å². The van der Waals surface area contributed by atoms with Crippen LogP contribution in [0.2, 0.25) is 0 Å². The minimum atomic E-state index is -0.523. The van der Waals surface area contributed by atoms with E-state index in [9.17, 15) is 9.59 Å². The first-order valence-corrected chi connectivity index (χ1v) is 15.1. The van der Waals surface area contributed by atoms with Gasteiger partial charge >= 0.3 is 12.2 Å². The molecule has 0 spiro atoms. The average Bonchev–Trinajstić information content (AvgIpc) is 3.77. The molecule has 0 aliphatic heterocycles. The molecule has 2 saturated carbocycles. The van der Waals surface area contributed by atoms with Gasteiger partial charge < -0.3 is 9.47 Å². The van der Waals surface area contributed by atoms with E-state index in [0.29, 0.717) is 11.8 Å². The summed E-state index contributed by atoms with van der Waals surface area (Å²) < 4.78 is 15.6. The molecule has 10 heteroatoms. The molecule has 2 fully saturated rings. The van der Waals surface area contributed by atoms with Gasteiger partial charge in [0, 0.05) is 31.6 Å². The molecule has 2 aromatic heterocycles. The summed E-state index contributed by atoms with van der Waals surface area (Å²) in [5.74, 6) is 0.964. The van der Waals surface area contributed by atoms with Crippen LogP contribution in [-0.2, 0) is 9.47 Å². The molecule has 2 aliphatic rings. The number of rotatable bonds is 2. The monoisotopic (exact) mass is 672 g/mol. The van der Waals surface area contributed by atoms with Crippen LogP contribution < -0.4 is 0 Å². The molecule has 212 valence electrons. The van der Waals surface area contributed by atoms with E-state index >= 15 is 0 Å². The highest BCUT2D eigenvalue weighted by Crippen LogP contribution is 2.44.